The van der Waals surface area contributed by atoms with Crippen molar-refractivity contribution in [2.45, 2.75) is 5.75 Å². The number of ketones is 1. The Balaban J connectivity index is 1.54. The molecule has 3 aromatic carbocycles. The van der Waals surface area contributed by atoms with Crippen LogP contribution in [0.1, 0.15) is 21.5 Å². The standard InChI is InChI=1S/C23H23N3OS/c1-25(2)21-11-7-6-10-19(21)15-28-26-16-24-20-13-12-18(14-22(20)26)23(27)17-8-4-3-5-9-17/h3-14,24H,15-16H2,1-2H3. The molecule has 1 aliphatic heterocycles. The Morgan fingerprint density at radius 1 is 1.00 bits per heavy atom. The Labute approximate surface area is 170 Å². The number of fused-ring (bicyclic) bond motifs is 1. The molecule has 0 saturated carbocycles. The molecule has 4 rings (SSSR count). The predicted molar refractivity (Wildman–Crippen MR) is 119 cm³/mol. The minimum Gasteiger partial charge on any atom is -0.377 e. The Morgan fingerprint density at radius 2 is 1.75 bits per heavy atom. The number of hydrogen-bond acceptors (Lipinski definition) is 5. The van der Waals surface area contributed by atoms with E-state index in [1.165, 1.54) is 11.3 Å². The van der Waals surface area contributed by atoms with Crippen LogP contribution < -0.4 is 14.5 Å². The third-order valence-corrected chi connectivity index (χ3v) is 5.90. The Bertz CT molecular complexity index is 988. The lowest BCUT2D eigenvalue weighted by molar-refractivity contribution is 0.103. The van der Waals surface area contributed by atoms with Gasteiger partial charge in [-0.05, 0) is 41.8 Å². The van der Waals surface area contributed by atoms with Crippen LogP contribution >= 0.6 is 11.9 Å². The Kier molecular flexibility index (Phi) is 5.26. The van der Waals surface area contributed by atoms with Gasteiger partial charge in [0.05, 0.1) is 18.0 Å². The zero-order chi connectivity index (χ0) is 19.5. The van der Waals surface area contributed by atoms with E-state index in [2.05, 4.69) is 52.9 Å². The predicted octanol–water partition coefficient (Wildman–Crippen LogP) is 5.02. The number of carbonyl (C=O) groups is 1. The second kappa shape index (κ2) is 7.98. The van der Waals surface area contributed by atoms with E-state index in [1.807, 2.05) is 48.5 Å². The zero-order valence-electron chi connectivity index (χ0n) is 16.1. The van der Waals surface area contributed by atoms with Crippen molar-refractivity contribution in [2.24, 2.45) is 0 Å². The summed E-state index contributed by atoms with van der Waals surface area (Å²) in [6, 6.07) is 23.8. The molecule has 142 valence electrons. The highest BCUT2D eigenvalue weighted by atomic mass is 32.2. The fourth-order valence-electron chi connectivity index (χ4n) is 3.36. The summed E-state index contributed by atoms with van der Waals surface area (Å²) in [6.07, 6.45) is 0. The van der Waals surface area contributed by atoms with Crippen LogP contribution in [0, 0.1) is 0 Å². The summed E-state index contributed by atoms with van der Waals surface area (Å²) < 4.78 is 2.23. The number of benzene rings is 3. The molecule has 1 aliphatic rings. The van der Waals surface area contributed by atoms with Gasteiger partial charge in [-0.1, -0.05) is 48.5 Å². The molecule has 4 nitrogen and oxygen atoms in total. The summed E-state index contributed by atoms with van der Waals surface area (Å²) in [4.78, 5) is 14.9. The summed E-state index contributed by atoms with van der Waals surface area (Å²) in [6.45, 7) is 0.729. The maximum absolute atomic E-state index is 12.8. The van der Waals surface area contributed by atoms with Crippen LogP contribution in [0.15, 0.2) is 72.8 Å². The van der Waals surface area contributed by atoms with Gasteiger partial charge in [-0.15, -0.1) is 0 Å². The third kappa shape index (κ3) is 3.71. The number of nitrogens with one attached hydrogen (secondary N) is 1. The fraction of sp³-hybridized carbons (Fsp3) is 0.174. The van der Waals surface area contributed by atoms with E-state index >= 15 is 0 Å². The highest BCUT2D eigenvalue weighted by Crippen LogP contribution is 2.38. The van der Waals surface area contributed by atoms with Gasteiger partial charge in [0.2, 0.25) is 0 Å². The van der Waals surface area contributed by atoms with E-state index in [0.717, 1.165) is 23.8 Å². The summed E-state index contributed by atoms with van der Waals surface area (Å²) in [5.41, 5.74) is 6.09. The SMILES string of the molecule is CN(C)c1ccccc1CSN1CNc2ccc(C(=O)c3ccccc3)cc21. The molecule has 3 aromatic rings. The molecule has 0 saturated heterocycles. The minimum atomic E-state index is 0.0539. The molecule has 0 bridgehead atoms. The van der Waals surface area contributed by atoms with Crippen LogP contribution in [-0.2, 0) is 5.75 Å². The quantitative estimate of drug-likeness (QED) is 0.473. The van der Waals surface area contributed by atoms with E-state index in [9.17, 15) is 4.79 Å². The molecule has 0 amide bonds. The second-order valence-corrected chi connectivity index (χ2v) is 7.92. The Morgan fingerprint density at radius 3 is 2.54 bits per heavy atom. The van der Waals surface area contributed by atoms with E-state index in [-0.39, 0.29) is 5.78 Å². The van der Waals surface area contributed by atoms with Gasteiger partial charge in [0.15, 0.2) is 5.78 Å². The van der Waals surface area contributed by atoms with E-state index in [0.29, 0.717) is 11.1 Å². The number of hydrogen-bond donors (Lipinski definition) is 1. The number of para-hydroxylation sites is 1. The molecule has 5 heteroatoms. The number of anilines is 3. The van der Waals surface area contributed by atoms with Crippen LogP contribution in [0.2, 0.25) is 0 Å². The zero-order valence-corrected chi connectivity index (χ0v) is 16.9. The van der Waals surface area contributed by atoms with Gasteiger partial charge in [-0.25, -0.2) is 0 Å². The maximum atomic E-state index is 12.8. The summed E-state index contributed by atoms with van der Waals surface area (Å²) in [7, 11) is 4.13. The summed E-state index contributed by atoms with van der Waals surface area (Å²) in [5.74, 6) is 0.921. The lowest BCUT2D eigenvalue weighted by Crippen LogP contribution is -2.15. The molecule has 0 aromatic heterocycles. The number of rotatable bonds is 6. The molecule has 0 spiro atoms. The minimum absolute atomic E-state index is 0.0539. The number of carbonyl (C=O) groups excluding carboxylic acids is 1. The molecule has 1 heterocycles. The van der Waals surface area contributed by atoms with Crippen LogP contribution in [-0.4, -0.2) is 26.5 Å². The highest BCUT2D eigenvalue weighted by Gasteiger charge is 2.21. The van der Waals surface area contributed by atoms with Crippen LogP contribution in [0.25, 0.3) is 0 Å². The first-order valence-electron chi connectivity index (χ1n) is 9.27. The number of nitrogens with zero attached hydrogens (tertiary/aromatic N) is 2. The van der Waals surface area contributed by atoms with Crippen molar-refractivity contribution in [1.29, 1.82) is 0 Å². The first kappa shape index (κ1) is 18.4. The van der Waals surface area contributed by atoms with E-state index in [1.54, 1.807) is 11.9 Å². The second-order valence-electron chi connectivity index (χ2n) is 6.94. The van der Waals surface area contributed by atoms with Gasteiger partial charge in [0, 0.05) is 36.7 Å². The smallest absolute Gasteiger partial charge is 0.193 e. The molecule has 1 N–H and O–H groups in total. The topological polar surface area (TPSA) is 35.6 Å². The van der Waals surface area contributed by atoms with Crippen molar-refractivity contribution in [3.8, 4) is 0 Å². The van der Waals surface area contributed by atoms with Gasteiger partial charge >= 0.3 is 0 Å². The normalized spacial score (nSPS) is 12.4. The van der Waals surface area contributed by atoms with Gasteiger partial charge < -0.3 is 10.2 Å². The fourth-order valence-corrected chi connectivity index (χ4v) is 4.34. The van der Waals surface area contributed by atoms with Crippen molar-refractivity contribution in [3.05, 3.63) is 89.5 Å². The van der Waals surface area contributed by atoms with E-state index in [4.69, 9.17) is 0 Å². The lowest BCUT2D eigenvalue weighted by atomic mass is 10.0. The highest BCUT2D eigenvalue weighted by molar-refractivity contribution is 7.99. The van der Waals surface area contributed by atoms with Crippen molar-refractivity contribution in [3.63, 3.8) is 0 Å². The molecule has 0 fully saturated rings. The van der Waals surface area contributed by atoms with Crippen molar-refractivity contribution in [1.82, 2.24) is 0 Å². The van der Waals surface area contributed by atoms with Crippen molar-refractivity contribution < 1.29 is 4.79 Å². The average molecular weight is 390 g/mol. The van der Waals surface area contributed by atoms with Crippen LogP contribution in [0.4, 0.5) is 17.1 Å². The Hall–Kier alpha value is -2.92. The molecule has 0 atom stereocenters. The summed E-state index contributed by atoms with van der Waals surface area (Å²) in [5, 5.41) is 3.41. The maximum Gasteiger partial charge on any atom is 0.193 e. The molecule has 0 radical (unpaired) electrons. The van der Waals surface area contributed by atoms with Gasteiger partial charge in [0.25, 0.3) is 0 Å². The molecule has 0 aliphatic carbocycles. The first-order valence-corrected chi connectivity index (χ1v) is 10.2. The van der Waals surface area contributed by atoms with E-state index < -0.39 is 0 Å². The first-order chi connectivity index (χ1) is 13.6. The van der Waals surface area contributed by atoms with Crippen molar-refractivity contribution in [2.75, 3.05) is 35.3 Å². The molecule has 28 heavy (non-hydrogen) atoms. The molecular weight excluding hydrogens is 366 g/mol. The third-order valence-electron chi connectivity index (χ3n) is 4.83. The molecule has 0 unspecified atom stereocenters. The van der Waals surface area contributed by atoms with Gasteiger partial charge in [-0.2, -0.15) is 0 Å². The monoisotopic (exact) mass is 389 g/mol. The van der Waals surface area contributed by atoms with Gasteiger partial charge in [-0.3, -0.25) is 9.10 Å². The average Bonchev–Trinajstić information content (AvgIpc) is 3.14. The lowest BCUT2D eigenvalue weighted by Gasteiger charge is -2.20. The molecular formula is C23H23N3OS. The van der Waals surface area contributed by atoms with Crippen LogP contribution in [0.5, 0.6) is 0 Å². The van der Waals surface area contributed by atoms with Crippen LogP contribution in [0.3, 0.4) is 0 Å². The van der Waals surface area contributed by atoms with Crippen molar-refractivity contribution >= 4 is 34.8 Å². The van der Waals surface area contributed by atoms with Gasteiger partial charge in [0.1, 0.15) is 0 Å². The summed E-state index contributed by atoms with van der Waals surface area (Å²) >= 11 is 1.76. The largest absolute Gasteiger partial charge is 0.377 e.